The maximum atomic E-state index is 12.8. The van der Waals surface area contributed by atoms with Crippen molar-refractivity contribution in [2.24, 2.45) is 5.92 Å². The van der Waals surface area contributed by atoms with Crippen LogP contribution >= 0.6 is 0 Å². The van der Waals surface area contributed by atoms with Crippen molar-refractivity contribution in [3.8, 4) is 0 Å². The van der Waals surface area contributed by atoms with Gasteiger partial charge in [-0.15, -0.1) is 0 Å². The summed E-state index contributed by atoms with van der Waals surface area (Å²) in [5.41, 5.74) is -0.585. The second kappa shape index (κ2) is 14.7. The molecule has 1 aromatic carbocycles. The second-order valence-corrected chi connectivity index (χ2v) is 11.4. The van der Waals surface area contributed by atoms with Crippen molar-refractivity contribution in [2.45, 2.75) is 105 Å². The first-order valence-corrected chi connectivity index (χ1v) is 12.7. The summed E-state index contributed by atoms with van der Waals surface area (Å²) in [6.07, 6.45) is 0.402. The average Bonchev–Trinajstić information content (AvgIpc) is 2.76. The molecule has 2 atom stereocenters. The van der Waals surface area contributed by atoms with Gasteiger partial charge in [0, 0.05) is 6.42 Å². The summed E-state index contributed by atoms with van der Waals surface area (Å²) in [5.74, 6) is -1.91. The lowest BCUT2D eigenvalue weighted by atomic mass is 10.0. The lowest BCUT2D eigenvalue weighted by molar-refractivity contribution is -0.160. The minimum atomic E-state index is -1.05. The van der Waals surface area contributed by atoms with Crippen molar-refractivity contribution in [3.05, 3.63) is 35.9 Å². The van der Waals surface area contributed by atoms with E-state index in [1.165, 1.54) is 0 Å². The number of benzene rings is 1. The number of amides is 1. The van der Waals surface area contributed by atoms with E-state index in [-0.39, 0.29) is 31.9 Å². The third-order valence-electron chi connectivity index (χ3n) is 4.81. The molecule has 0 radical (unpaired) electrons. The van der Waals surface area contributed by atoms with Crippen molar-refractivity contribution < 1.29 is 33.4 Å². The molecule has 2 N–H and O–H groups in total. The Morgan fingerprint density at radius 1 is 0.838 bits per heavy atom. The lowest BCUT2D eigenvalue weighted by Crippen LogP contribution is -2.50. The van der Waals surface area contributed by atoms with E-state index in [4.69, 9.17) is 14.2 Å². The fourth-order valence-corrected chi connectivity index (χ4v) is 3.26. The molecule has 0 heterocycles. The Kier molecular flexibility index (Phi) is 12.8. The zero-order chi connectivity index (χ0) is 28.2. The zero-order valence-electron chi connectivity index (χ0n) is 23.5. The van der Waals surface area contributed by atoms with Gasteiger partial charge in [0.25, 0.3) is 0 Å². The van der Waals surface area contributed by atoms with Crippen LogP contribution in [0.15, 0.2) is 30.3 Å². The fourth-order valence-electron chi connectivity index (χ4n) is 3.26. The predicted octanol–water partition coefficient (Wildman–Crippen LogP) is 3.68. The summed E-state index contributed by atoms with van der Waals surface area (Å²) >= 11 is 0. The molecule has 0 bridgehead atoms. The quantitative estimate of drug-likeness (QED) is 0.299. The molecule has 0 saturated carbocycles. The highest BCUT2D eigenvalue weighted by molar-refractivity contribution is 5.86. The molecule has 0 aliphatic rings. The first-order valence-electron chi connectivity index (χ1n) is 12.7. The van der Waals surface area contributed by atoms with Crippen LogP contribution in [-0.4, -0.2) is 53.6 Å². The molecular weight excluding hydrogens is 476 g/mol. The lowest BCUT2D eigenvalue weighted by Gasteiger charge is -2.26. The van der Waals surface area contributed by atoms with Gasteiger partial charge in [-0.1, -0.05) is 44.2 Å². The van der Waals surface area contributed by atoms with Crippen LogP contribution in [-0.2, 0) is 40.0 Å². The Morgan fingerprint density at radius 2 is 1.38 bits per heavy atom. The van der Waals surface area contributed by atoms with Gasteiger partial charge in [-0.25, -0.2) is 4.79 Å². The van der Waals surface area contributed by atoms with Gasteiger partial charge in [-0.05, 0) is 65.9 Å². The molecule has 1 amide bonds. The summed E-state index contributed by atoms with van der Waals surface area (Å²) in [6, 6.07) is 7.51. The first-order chi connectivity index (χ1) is 17.1. The Morgan fingerprint density at radius 3 is 1.89 bits per heavy atom. The molecule has 0 saturated heterocycles. The highest BCUT2D eigenvalue weighted by atomic mass is 16.6. The van der Waals surface area contributed by atoms with Crippen LogP contribution in [0.3, 0.4) is 0 Å². The highest BCUT2D eigenvalue weighted by Gasteiger charge is 2.29. The van der Waals surface area contributed by atoms with Gasteiger partial charge in [-0.3, -0.25) is 19.7 Å². The standard InChI is InChI=1S/C28H44N2O7/c1-19(2)16-22(26(34)37-28(6,7)8)29-17-23(31)30-21(25(33)36-27(3,4)5)14-15-24(32)35-18-20-12-10-9-11-13-20/h9-13,19,21-22,29H,14-18H2,1-8H3,(H,30,31). The summed E-state index contributed by atoms with van der Waals surface area (Å²) < 4.78 is 16.2. The zero-order valence-corrected chi connectivity index (χ0v) is 23.5. The molecule has 2 unspecified atom stereocenters. The van der Waals surface area contributed by atoms with Crippen LogP contribution in [0.4, 0.5) is 0 Å². The number of carbonyl (C=O) groups is 4. The van der Waals surface area contributed by atoms with Crippen LogP contribution in [0.25, 0.3) is 0 Å². The highest BCUT2D eigenvalue weighted by Crippen LogP contribution is 2.14. The molecule has 1 rings (SSSR count). The molecule has 37 heavy (non-hydrogen) atoms. The number of rotatable bonds is 13. The number of carbonyl (C=O) groups excluding carboxylic acids is 4. The van der Waals surface area contributed by atoms with Gasteiger partial charge >= 0.3 is 17.9 Å². The van der Waals surface area contributed by atoms with Gasteiger partial charge < -0.3 is 19.5 Å². The SMILES string of the molecule is CC(C)CC(NCC(=O)NC(CCC(=O)OCc1ccccc1)C(=O)OC(C)(C)C)C(=O)OC(C)(C)C. The Balaban J connectivity index is 2.76. The van der Waals surface area contributed by atoms with Crippen molar-refractivity contribution in [1.82, 2.24) is 10.6 Å². The van der Waals surface area contributed by atoms with E-state index in [0.717, 1.165) is 5.56 Å². The van der Waals surface area contributed by atoms with Crippen LogP contribution < -0.4 is 10.6 Å². The molecule has 208 valence electrons. The molecule has 9 nitrogen and oxygen atoms in total. The van der Waals surface area contributed by atoms with Gasteiger partial charge in [-0.2, -0.15) is 0 Å². The smallest absolute Gasteiger partial charge is 0.329 e. The van der Waals surface area contributed by atoms with Crippen molar-refractivity contribution in [2.75, 3.05) is 6.54 Å². The van der Waals surface area contributed by atoms with Gasteiger partial charge in [0.1, 0.15) is 29.9 Å². The summed E-state index contributed by atoms with van der Waals surface area (Å²) in [7, 11) is 0. The largest absolute Gasteiger partial charge is 0.461 e. The van der Waals surface area contributed by atoms with Crippen LogP contribution in [0.5, 0.6) is 0 Å². The molecule has 0 aliphatic carbocycles. The number of hydrogen-bond donors (Lipinski definition) is 2. The number of ether oxygens (including phenoxy) is 3. The summed E-state index contributed by atoms with van der Waals surface area (Å²) in [5, 5.41) is 5.57. The fraction of sp³-hybridized carbons (Fsp3) is 0.643. The maximum Gasteiger partial charge on any atom is 0.329 e. The maximum absolute atomic E-state index is 12.8. The minimum Gasteiger partial charge on any atom is -0.461 e. The molecule has 0 spiro atoms. The number of hydrogen-bond acceptors (Lipinski definition) is 8. The summed E-state index contributed by atoms with van der Waals surface area (Å²) in [6.45, 7) is 14.3. The van der Waals surface area contributed by atoms with Crippen LogP contribution in [0.2, 0.25) is 0 Å². The third kappa shape index (κ3) is 15.0. The van der Waals surface area contributed by atoms with Crippen LogP contribution in [0.1, 0.15) is 80.2 Å². The topological polar surface area (TPSA) is 120 Å². The molecule has 1 aromatic rings. The van der Waals surface area contributed by atoms with E-state index >= 15 is 0 Å². The van der Waals surface area contributed by atoms with E-state index in [1.807, 2.05) is 44.2 Å². The molecular formula is C28H44N2O7. The van der Waals surface area contributed by atoms with Crippen molar-refractivity contribution in [3.63, 3.8) is 0 Å². The summed E-state index contributed by atoms with van der Waals surface area (Å²) in [4.78, 5) is 50.3. The monoisotopic (exact) mass is 520 g/mol. The van der Waals surface area contributed by atoms with E-state index in [1.54, 1.807) is 41.5 Å². The molecule has 9 heteroatoms. The van der Waals surface area contributed by atoms with Gasteiger partial charge in [0.05, 0.1) is 6.54 Å². The van der Waals surface area contributed by atoms with E-state index in [9.17, 15) is 19.2 Å². The van der Waals surface area contributed by atoms with Gasteiger partial charge in [0.2, 0.25) is 5.91 Å². The van der Waals surface area contributed by atoms with E-state index < -0.39 is 47.1 Å². The Bertz CT molecular complexity index is 886. The van der Waals surface area contributed by atoms with Crippen LogP contribution in [0, 0.1) is 5.92 Å². The average molecular weight is 521 g/mol. The number of esters is 3. The first kappa shape index (κ1) is 32.1. The van der Waals surface area contributed by atoms with Crippen molar-refractivity contribution in [1.29, 1.82) is 0 Å². The Hall–Kier alpha value is -2.94. The molecule has 0 aromatic heterocycles. The van der Waals surface area contributed by atoms with Gasteiger partial charge in [0.15, 0.2) is 0 Å². The van der Waals surface area contributed by atoms with Crippen molar-refractivity contribution >= 4 is 23.8 Å². The second-order valence-electron chi connectivity index (χ2n) is 11.4. The predicted molar refractivity (Wildman–Crippen MR) is 140 cm³/mol. The van der Waals surface area contributed by atoms with E-state index in [0.29, 0.717) is 6.42 Å². The number of nitrogens with one attached hydrogen (secondary N) is 2. The normalized spacial score (nSPS) is 13.4. The minimum absolute atomic E-state index is 0.00969. The van der Waals surface area contributed by atoms with E-state index in [2.05, 4.69) is 10.6 Å². The Labute approximate surface area is 221 Å². The molecule has 0 fully saturated rings. The third-order valence-corrected chi connectivity index (χ3v) is 4.81. The molecule has 0 aliphatic heterocycles.